The quantitative estimate of drug-likeness (QED) is 0.513. The van der Waals surface area contributed by atoms with Crippen molar-refractivity contribution in [3.8, 4) is 5.75 Å². The van der Waals surface area contributed by atoms with Crippen molar-refractivity contribution in [2.24, 2.45) is 5.10 Å². The molecule has 0 saturated heterocycles. The molecule has 3 nitrogen and oxygen atoms in total. The van der Waals surface area contributed by atoms with Gasteiger partial charge in [-0.2, -0.15) is 5.10 Å². The van der Waals surface area contributed by atoms with Gasteiger partial charge < -0.3 is 4.74 Å². The van der Waals surface area contributed by atoms with Crippen molar-refractivity contribution in [1.29, 1.82) is 0 Å². The zero-order chi connectivity index (χ0) is 18.4. The maximum Gasteiger partial charge on any atom is 0.213 e. The lowest BCUT2D eigenvalue weighted by Crippen LogP contribution is -2.33. The third kappa shape index (κ3) is 2.88. The van der Waals surface area contributed by atoms with E-state index in [0.29, 0.717) is 15.8 Å². The number of halogens is 2. The molecule has 0 amide bonds. The molecule has 0 N–H and O–H groups in total. The highest BCUT2D eigenvalue weighted by molar-refractivity contribution is 6.35. The minimum atomic E-state index is -0.330. The van der Waals surface area contributed by atoms with E-state index in [1.54, 1.807) is 6.07 Å². The molecule has 2 aliphatic rings. The van der Waals surface area contributed by atoms with Crippen LogP contribution in [0, 0.1) is 0 Å². The second kappa shape index (κ2) is 6.59. The minimum absolute atomic E-state index is 0.0327. The van der Waals surface area contributed by atoms with Crippen LogP contribution in [0.4, 0.5) is 0 Å². The molecule has 134 valence electrons. The van der Waals surface area contributed by atoms with Gasteiger partial charge in [-0.1, -0.05) is 83.9 Å². The van der Waals surface area contributed by atoms with Crippen LogP contribution in [0.15, 0.2) is 77.9 Å². The molecule has 0 bridgehead atoms. The van der Waals surface area contributed by atoms with E-state index in [1.807, 2.05) is 59.6 Å². The van der Waals surface area contributed by atoms with Crippen LogP contribution in [-0.4, -0.2) is 10.7 Å². The van der Waals surface area contributed by atoms with Crippen LogP contribution in [0.25, 0.3) is 0 Å². The first kappa shape index (κ1) is 16.7. The third-order valence-corrected chi connectivity index (χ3v) is 5.50. The summed E-state index contributed by atoms with van der Waals surface area (Å²) in [5.74, 6) is 0.695. The molecule has 0 aromatic heterocycles. The molecule has 2 aliphatic heterocycles. The standard InChI is InChI=1S/C22H16Cl2N2O/c23-16-11-17-20-13-19(14-7-3-1-4-8-14)25-26(20)22(15-9-5-2-6-10-15)27-21(17)18(24)12-16/h1-12,20,22H,13H2/t20-,22+/m1/s1. The molecular formula is C22H16Cl2N2O. The molecular weight excluding hydrogens is 379 g/mol. The second-order valence-electron chi connectivity index (χ2n) is 6.70. The van der Waals surface area contributed by atoms with Gasteiger partial charge in [0.2, 0.25) is 6.23 Å². The first-order valence-corrected chi connectivity index (χ1v) is 9.58. The lowest BCUT2D eigenvalue weighted by atomic mass is 9.96. The molecule has 5 heteroatoms. The Balaban J connectivity index is 1.64. The Bertz CT molecular complexity index is 1020. The number of hydrazone groups is 1. The van der Waals surface area contributed by atoms with Gasteiger partial charge >= 0.3 is 0 Å². The highest BCUT2D eigenvalue weighted by Gasteiger charge is 2.41. The third-order valence-electron chi connectivity index (χ3n) is 5.00. The SMILES string of the molecule is Clc1cc(Cl)c2c(c1)[C@H]1CC(c3ccccc3)=NN1[C@H](c1ccccc1)O2. The first-order chi connectivity index (χ1) is 13.2. The van der Waals surface area contributed by atoms with E-state index < -0.39 is 0 Å². The van der Waals surface area contributed by atoms with Crippen LogP contribution < -0.4 is 4.74 Å². The van der Waals surface area contributed by atoms with Gasteiger partial charge in [0, 0.05) is 22.6 Å². The summed E-state index contributed by atoms with van der Waals surface area (Å²) in [6.45, 7) is 0. The zero-order valence-electron chi connectivity index (χ0n) is 14.3. The number of benzene rings is 3. The van der Waals surface area contributed by atoms with Crippen LogP contribution >= 0.6 is 23.2 Å². The molecule has 2 heterocycles. The molecule has 0 radical (unpaired) electrons. The van der Waals surface area contributed by atoms with Crippen molar-refractivity contribution in [2.45, 2.75) is 18.7 Å². The smallest absolute Gasteiger partial charge is 0.213 e. The van der Waals surface area contributed by atoms with Gasteiger partial charge in [0.1, 0.15) is 5.75 Å². The van der Waals surface area contributed by atoms with Gasteiger partial charge in [0.15, 0.2) is 0 Å². The van der Waals surface area contributed by atoms with Crippen molar-refractivity contribution >= 4 is 28.9 Å². The van der Waals surface area contributed by atoms with E-state index >= 15 is 0 Å². The van der Waals surface area contributed by atoms with Gasteiger partial charge in [0.25, 0.3) is 0 Å². The molecule has 0 aliphatic carbocycles. The number of nitrogens with zero attached hydrogens (tertiary/aromatic N) is 2. The van der Waals surface area contributed by atoms with E-state index in [9.17, 15) is 0 Å². The Morgan fingerprint density at radius 1 is 0.926 bits per heavy atom. The van der Waals surface area contributed by atoms with E-state index in [0.717, 1.165) is 28.8 Å². The summed E-state index contributed by atoms with van der Waals surface area (Å²) < 4.78 is 6.33. The van der Waals surface area contributed by atoms with Gasteiger partial charge in [-0.3, -0.25) is 0 Å². The second-order valence-corrected chi connectivity index (χ2v) is 7.54. The number of fused-ring (bicyclic) bond motifs is 3. The minimum Gasteiger partial charge on any atom is -0.463 e. The number of hydrogen-bond donors (Lipinski definition) is 0. The normalized spacial score (nSPS) is 20.5. The van der Waals surface area contributed by atoms with Crippen LogP contribution in [-0.2, 0) is 0 Å². The molecule has 3 aromatic carbocycles. The fourth-order valence-electron chi connectivity index (χ4n) is 3.76. The van der Waals surface area contributed by atoms with Crippen molar-refractivity contribution < 1.29 is 4.74 Å². The lowest BCUT2D eigenvalue weighted by molar-refractivity contribution is -0.0189. The van der Waals surface area contributed by atoms with Crippen LogP contribution in [0.5, 0.6) is 5.75 Å². The molecule has 2 atom stereocenters. The average molecular weight is 395 g/mol. The predicted molar refractivity (Wildman–Crippen MR) is 108 cm³/mol. The average Bonchev–Trinajstić information content (AvgIpc) is 3.15. The Morgan fingerprint density at radius 2 is 1.63 bits per heavy atom. The highest BCUT2D eigenvalue weighted by Crippen LogP contribution is 2.50. The topological polar surface area (TPSA) is 24.8 Å². The van der Waals surface area contributed by atoms with Crippen molar-refractivity contribution in [3.63, 3.8) is 0 Å². The lowest BCUT2D eigenvalue weighted by Gasteiger charge is -2.38. The Morgan fingerprint density at radius 3 is 2.37 bits per heavy atom. The van der Waals surface area contributed by atoms with Gasteiger partial charge in [-0.15, -0.1) is 0 Å². The summed E-state index contributed by atoms with van der Waals surface area (Å²) in [4.78, 5) is 0. The predicted octanol–water partition coefficient (Wildman–Crippen LogP) is 6.24. The van der Waals surface area contributed by atoms with Gasteiger partial charge in [-0.05, 0) is 17.7 Å². The molecule has 0 fully saturated rings. The molecule has 27 heavy (non-hydrogen) atoms. The summed E-state index contributed by atoms with van der Waals surface area (Å²) in [7, 11) is 0. The Hall–Kier alpha value is -2.49. The number of hydrogen-bond acceptors (Lipinski definition) is 3. The monoisotopic (exact) mass is 394 g/mol. The van der Waals surface area contributed by atoms with Crippen molar-refractivity contribution in [1.82, 2.24) is 5.01 Å². The first-order valence-electron chi connectivity index (χ1n) is 8.82. The van der Waals surface area contributed by atoms with Crippen LogP contribution in [0.3, 0.4) is 0 Å². The molecule has 0 spiro atoms. The summed E-state index contributed by atoms with van der Waals surface area (Å²) in [5, 5.41) is 8.11. The maximum absolute atomic E-state index is 6.48. The largest absolute Gasteiger partial charge is 0.463 e. The van der Waals surface area contributed by atoms with E-state index in [-0.39, 0.29) is 12.3 Å². The molecule has 3 aromatic rings. The van der Waals surface area contributed by atoms with Crippen LogP contribution in [0.1, 0.15) is 35.4 Å². The van der Waals surface area contributed by atoms with Crippen molar-refractivity contribution in [3.05, 3.63) is 99.5 Å². The fraction of sp³-hybridized carbons (Fsp3) is 0.136. The fourth-order valence-corrected chi connectivity index (χ4v) is 4.31. The number of ether oxygens (including phenoxy) is 1. The molecule has 0 unspecified atom stereocenters. The van der Waals surface area contributed by atoms with Gasteiger partial charge in [0.05, 0.1) is 16.8 Å². The Labute approximate surface area is 167 Å². The Kier molecular flexibility index (Phi) is 4.07. The highest BCUT2D eigenvalue weighted by atomic mass is 35.5. The number of rotatable bonds is 2. The van der Waals surface area contributed by atoms with Gasteiger partial charge in [-0.25, -0.2) is 5.01 Å². The molecule has 0 saturated carbocycles. The van der Waals surface area contributed by atoms with E-state index in [1.165, 1.54) is 0 Å². The summed E-state index contributed by atoms with van der Waals surface area (Å²) >= 11 is 12.8. The van der Waals surface area contributed by atoms with E-state index in [2.05, 4.69) is 12.1 Å². The summed E-state index contributed by atoms with van der Waals surface area (Å²) in [6.07, 6.45) is 0.448. The summed E-state index contributed by atoms with van der Waals surface area (Å²) in [5.41, 5.74) is 4.18. The van der Waals surface area contributed by atoms with E-state index in [4.69, 9.17) is 33.0 Å². The summed E-state index contributed by atoms with van der Waals surface area (Å²) in [6, 6.07) is 24.0. The van der Waals surface area contributed by atoms with Crippen molar-refractivity contribution in [2.75, 3.05) is 0 Å². The van der Waals surface area contributed by atoms with Crippen LogP contribution in [0.2, 0.25) is 10.0 Å². The maximum atomic E-state index is 6.48. The molecule has 5 rings (SSSR count). The zero-order valence-corrected chi connectivity index (χ0v) is 15.9.